The third-order valence-electron chi connectivity index (χ3n) is 8.26. The van der Waals surface area contributed by atoms with Crippen LogP contribution in [0.4, 0.5) is 17.2 Å². The molecule has 2 aliphatic rings. The zero-order valence-corrected chi connectivity index (χ0v) is 24.9. The third-order valence-corrected chi connectivity index (χ3v) is 8.26. The van der Waals surface area contributed by atoms with Crippen molar-refractivity contribution in [3.8, 4) is 11.1 Å². The zero-order valence-electron chi connectivity index (χ0n) is 24.9. The number of nitrogens with one attached hydrogen (secondary N) is 1. The van der Waals surface area contributed by atoms with Gasteiger partial charge in [-0.1, -0.05) is 30.3 Å². The van der Waals surface area contributed by atoms with Crippen molar-refractivity contribution in [1.82, 2.24) is 14.9 Å². The number of hydrogen-bond donors (Lipinski definition) is 2. The molecule has 1 saturated heterocycles. The molecule has 0 unspecified atom stereocenters. The largest absolute Gasteiger partial charge is 0.366 e. The first-order valence-electron chi connectivity index (χ1n) is 15.4. The lowest BCUT2D eigenvalue weighted by atomic mass is 10.0. The average molecular weight is 590 g/mol. The summed E-state index contributed by atoms with van der Waals surface area (Å²) in [5.41, 5.74) is 11.3. The maximum Gasteiger partial charge on any atom is 0.255 e. The van der Waals surface area contributed by atoms with Gasteiger partial charge in [0.2, 0.25) is 5.91 Å². The summed E-state index contributed by atoms with van der Waals surface area (Å²) in [7, 11) is 0. The van der Waals surface area contributed by atoms with Crippen molar-refractivity contribution >= 4 is 29.0 Å². The summed E-state index contributed by atoms with van der Waals surface area (Å²) in [4.78, 5) is 41.4. The van der Waals surface area contributed by atoms with Gasteiger partial charge in [-0.05, 0) is 85.0 Å². The smallest absolute Gasteiger partial charge is 0.255 e. The molecular formula is C35H39N7O2. The van der Waals surface area contributed by atoms with E-state index in [-0.39, 0.29) is 17.7 Å². The van der Waals surface area contributed by atoms with E-state index in [2.05, 4.69) is 55.4 Å². The minimum Gasteiger partial charge on any atom is -0.366 e. The summed E-state index contributed by atoms with van der Waals surface area (Å²) in [6.07, 6.45) is 7.71. The van der Waals surface area contributed by atoms with Crippen LogP contribution in [0, 0.1) is 5.92 Å². The van der Waals surface area contributed by atoms with E-state index in [4.69, 9.17) is 5.73 Å². The fourth-order valence-corrected chi connectivity index (χ4v) is 5.67. The highest BCUT2D eigenvalue weighted by atomic mass is 16.2. The second-order valence-corrected chi connectivity index (χ2v) is 11.5. The van der Waals surface area contributed by atoms with E-state index >= 15 is 0 Å². The van der Waals surface area contributed by atoms with E-state index < -0.39 is 0 Å². The van der Waals surface area contributed by atoms with E-state index in [1.807, 2.05) is 41.4 Å². The number of nitrogens with two attached hydrogens (primary N) is 1. The predicted molar refractivity (Wildman–Crippen MR) is 175 cm³/mol. The number of hydrogen-bond acceptors (Lipinski definition) is 7. The highest BCUT2D eigenvalue weighted by Crippen LogP contribution is 2.36. The van der Waals surface area contributed by atoms with Crippen LogP contribution in [0.3, 0.4) is 0 Å². The Hall–Kier alpha value is -4.76. The van der Waals surface area contributed by atoms with Gasteiger partial charge in [-0.15, -0.1) is 0 Å². The first-order valence-corrected chi connectivity index (χ1v) is 15.4. The van der Waals surface area contributed by atoms with Crippen molar-refractivity contribution < 1.29 is 9.59 Å². The molecule has 1 saturated carbocycles. The Balaban J connectivity index is 1.23. The zero-order chi connectivity index (χ0) is 30.3. The van der Waals surface area contributed by atoms with Crippen LogP contribution in [0.5, 0.6) is 0 Å². The molecule has 1 aliphatic heterocycles. The fraction of sp³-hybridized carbons (Fsp3) is 0.314. The van der Waals surface area contributed by atoms with Gasteiger partial charge in [-0.2, -0.15) is 0 Å². The first kappa shape index (κ1) is 29.3. The summed E-state index contributed by atoms with van der Waals surface area (Å²) in [5, 5.41) is 3.25. The summed E-state index contributed by atoms with van der Waals surface area (Å²) >= 11 is 0. The molecule has 0 bridgehead atoms. The van der Waals surface area contributed by atoms with E-state index in [0.717, 1.165) is 72.9 Å². The topological polar surface area (TPSA) is 108 Å². The number of pyridine rings is 2. The van der Waals surface area contributed by atoms with Gasteiger partial charge in [0.05, 0.1) is 16.9 Å². The van der Waals surface area contributed by atoms with E-state index in [9.17, 15) is 9.59 Å². The van der Waals surface area contributed by atoms with Crippen molar-refractivity contribution in [2.45, 2.75) is 25.8 Å². The van der Waals surface area contributed by atoms with E-state index in [1.165, 1.54) is 0 Å². The van der Waals surface area contributed by atoms with Gasteiger partial charge in [0, 0.05) is 63.8 Å². The molecule has 6 rings (SSSR count). The number of piperazine rings is 1. The summed E-state index contributed by atoms with van der Waals surface area (Å²) in [6, 6.07) is 24.2. The Bertz CT molecular complexity index is 1570. The SMILES string of the molecule is NCCCN(Cc1cccc(-c2ccc(N3CCN(c4ccccn4)CC3)c(NC(=O)C3CC3)c2)c1)C(=O)c1cccnc1. The van der Waals surface area contributed by atoms with Crippen LogP contribution in [-0.2, 0) is 11.3 Å². The van der Waals surface area contributed by atoms with E-state index in [1.54, 1.807) is 24.5 Å². The minimum absolute atomic E-state index is 0.0606. The normalized spacial score (nSPS) is 14.8. The quantitative estimate of drug-likeness (QED) is 0.259. The molecule has 2 aromatic heterocycles. The number of amides is 2. The van der Waals surface area contributed by atoms with Crippen molar-refractivity contribution in [2.75, 3.05) is 54.4 Å². The van der Waals surface area contributed by atoms with Crippen LogP contribution in [0.1, 0.15) is 35.2 Å². The van der Waals surface area contributed by atoms with Gasteiger partial charge in [-0.25, -0.2) is 4.98 Å². The van der Waals surface area contributed by atoms with Gasteiger partial charge < -0.3 is 25.8 Å². The van der Waals surface area contributed by atoms with Crippen molar-refractivity contribution in [3.05, 3.63) is 103 Å². The van der Waals surface area contributed by atoms with Crippen LogP contribution < -0.4 is 20.9 Å². The van der Waals surface area contributed by atoms with Gasteiger partial charge in [0.25, 0.3) is 5.91 Å². The Labute approximate surface area is 258 Å². The van der Waals surface area contributed by atoms with Crippen LogP contribution in [-0.4, -0.2) is 66.0 Å². The molecule has 226 valence electrons. The van der Waals surface area contributed by atoms with Crippen LogP contribution in [0.15, 0.2) is 91.4 Å². The molecule has 2 fully saturated rings. The molecule has 9 nitrogen and oxygen atoms in total. The van der Waals surface area contributed by atoms with Gasteiger partial charge in [0.15, 0.2) is 0 Å². The summed E-state index contributed by atoms with van der Waals surface area (Å²) < 4.78 is 0. The molecule has 4 aromatic rings. The Morgan fingerprint density at radius 1 is 0.886 bits per heavy atom. The maximum absolute atomic E-state index is 13.3. The standard InChI is InChI=1S/C35H39N7O2/c36-14-5-17-42(35(44)30-8-4-15-37-24-30)25-26-6-3-7-28(22-26)29-12-13-32(31(23-29)39-34(43)27-10-11-27)40-18-20-41(21-19-40)33-9-1-2-16-38-33/h1-4,6-9,12-13,15-16,22-24,27H,5,10-11,14,17-21,25,36H2,(H,39,43). The van der Waals surface area contributed by atoms with Gasteiger partial charge >= 0.3 is 0 Å². The van der Waals surface area contributed by atoms with E-state index in [0.29, 0.717) is 31.6 Å². The molecule has 2 aromatic carbocycles. The monoisotopic (exact) mass is 589 g/mol. The lowest BCUT2D eigenvalue weighted by Crippen LogP contribution is -2.47. The number of nitrogens with zero attached hydrogens (tertiary/aromatic N) is 5. The number of carbonyl (C=O) groups excluding carboxylic acids is 2. The predicted octanol–water partition coefficient (Wildman–Crippen LogP) is 4.81. The number of rotatable bonds is 11. The fourth-order valence-electron chi connectivity index (χ4n) is 5.67. The Morgan fingerprint density at radius 2 is 1.70 bits per heavy atom. The van der Waals surface area contributed by atoms with Crippen LogP contribution in [0.25, 0.3) is 11.1 Å². The van der Waals surface area contributed by atoms with Crippen LogP contribution >= 0.6 is 0 Å². The molecule has 3 heterocycles. The van der Waals surface area contributed by atoms with Crippen molar-refractivity contribution in [1.29, 1.82) is 0 Å². The van der Waals surface area contributed by atoms with Crippen molar-refractivity contribution in [3.63, 3.8) is 0 Å². The maximum atomic E-state index is 13.3. The molecule has 1 aliphatic carbocycles. The van der Waals surface area contributed by atoms with Gasteiger partial charge in [-0.3, -0.25) is 14.6 Å². The molecule has 9 heteroatoms. The lowest BCUT2D eigenvalue weighted by Gasteiger charge is -2.37. The minimum atomic E-state index is -0.0606. The molecular weight excluding hydrogens is 550 g/mol. The summed E-state index contributed by atoms with van der Waals surface area (Å²) in [6.45, 7) is 4.92. The third kappa shape index (κ3) is 7.06. The molecule has 0 atom stereocenters. The number of benzene rings is 2. The van der Waals surface area contributed by atoms with Crippen LogP contribution in [0.2, 0.25) is 0 Å². The first-order chi connectivity index (χ1) is 21.6. The molecule has 0 spiro atoms. The molecule has 3 N–H and O–H groups in total. The summed E-state index contributed by atoms with van der Waals surface area (Å²) in [5.74, 6) is 1.13. The number of aromatic nitrogens is 2. The second-order valence-electron chi connectivity index (χ2n) is 11.5. The highest BCUT2D eigenvalue weighted by molar-refractivity contribution is 5.98. The number of carbonyl (C=O) groups is 2. The van der Waals surface area contributed by atoms with Gasteiger partial charge in [0.1, 0.15) is 5.82 Å². The Morgan fingerprint density at radius 3 is 2.43 bits per heavy atom. The lowest BCUT2D eigenvalue weighted by molar-refractivity contribution is -0.117. The number of anilines is 3. The average Bonchev–Trinajstić information content (AvgIpc) is 3.94. The molecule has 2 amide bonds. The molecule has 0 radical (unpaired) electrons. The molecule has 44 heavy (non-hydrogen) atoms. The second kappa shape index (κ2) is 13.7. The van der Waals surface area contributed by atoms with Crippen molar-refractivity contribution in [2.24, 2.45) is 11.7 Å². The Kier molecular flexibility index (Phi) is 9.12. The highest BCUT2D eigenvalue weighted by Gasteiger charge is 2.31.